The van der Waals surface area contributed by atoms with Gasteiger partial charge in [0.05, 0.1) is 12.1 Å². The number of H-pyrrole nitrogens is 1. The molecule has 0 atom stereocenters. The van der Waals surface area contributed by atoms with Crippen molar-refractivity contribution >= 4 is 5.57 Å². The molecular weight excluding hydrogens is 455 g/mol. The van der Waals surface area contributed by atoms with E-state index in [2.05, 4.69) is 4.98 Å². The lowest BCUT2D eigenvalue weighted by molar-refractivity contribution is -0.137. The first-order valence-corrected chi connectivity index (χ1v) is 10.0. The molecule has 2 aromatic heterocycles. The molecule has 0 saturated carbocycles. The molecule has 0 amide bonds. The van der Waals surface area contributed by atoms with Gasteiger partial charge in [-0.15, -0.1) is 4.74 Å². The second kappa shape index (κ2) is 9.30. The first-order valence-electron chi connectivity index (χ1n) is 10.0. The van der Waals surface area contributed by atoms with Crippen molar-refractivity contribution in [2.45, 2.75) is 26.3 Å². The van der Waals surface area contributed by atoms with E-state index in [1.807, 2.05) is 18.0 Å². The van der Waals surface area contributed by atoms with Crippen molar-refractivity contribution in [2.75, 3.05) is 0 Å². The lowest BCUT2D eigenvalue weighted by Gasteiger charge is -2.07. The molecule has 0 bridgehead atoms. The molecular formula is C23H18F3N3O5. The Morgan fingerprint density at radius 2 is 1.94 bits per heavy atom. The average Bonchev–Trinajstić information content (AvgIpc) is 3.41. The van der Waals surface area contributed by atoms with Gasteiger partial charge >= 0.3 is 17.6 Å². The van der Waals surface area contributed by atoms with Crippen molar-refractivity contribution in [1.82, 2.24) is 14.7 Å². The maximum atomic E-state index is 12.7. The van der Waals surface area contributed by atoms with Crippen LogP contribution in [0.2, 0.25) is 0 Å². The van der Waals surface area contributed by atoms with Crippen molar-refractivity contribution in [3.63, 3.8) is 0 Å². The van der Waals surface area contributed by atoms with Gasteiger partial charge in [-0.05, 0) is 54.5 Å². The lowest BCUT2D eigenvalue weighted by Crippen LogP contribution is -2.15. The Labute approximate surface area is 189 Å². The van der Waals surface area contributed by atoms with Crippen LogP contribution in [0.15, 0.2) is 79.4 Å². The second-order valence-corrected chi connectivity index (χ2v) is 7.29. The van der Waals surface area contributed by atoms with Crippen LogP contribution in [0, 0.1) is 0 Å². The van der Waals surface area contributed by atoms with Crippen LogP contribution in [0.3, 0.4) is 0 Å². The summed E-state index contributed by atoms with van der Waals surface area (Å²) in [6.07, 6.45) is -1.30. The normalized spacial score (nSPS) is 12.2. The van der Waals surface area contributed by atoms with Crippen molar-refractivity contribution in [2.24, 2.45) is 0 Å². The van der Waals surface area contributed by atoms with Gasteiger partial charge in [-0.2, -0.15) is 13.2 Å². The van der Waals surface area contributed by atoms with E-state index in [-0.39, 0.29) is 19.0 Å². The molecule has 0 unspecified atom stereocenters. The number of rotatable bonds is 7. The van der Waals surface area contributed by atoms with Gasteiger partial charge < -0.3 is 13.7 Å². The highest BCUT2D eigenvalue weighted by atomic mass is 19.4. The molecule has 176 valence electrons. The SMILES string of the molecule is C/C(=C\Cn1oc(=O)[nH]c1=O)c1cccc(OCc2coc(-c3ccc(C(F)(F)F)cc3)n2)c1. The fourth-order valence-corrected chi connectivity index (χ4v) is 3.07. The highest BCUT2D eigenvalue weighted by molar-refractivity contribution is 5.64. The van der Waals surface area contributed by atoms with E-state index in [1.54, 1.807) is 24.3 Å². The number of allylic oxidation sites excluding steroid dienone is 2. The quantitative estimate of drug-likeness (QED) is 0.424. The van der Waals surface area contributed by atoms with Gasteiger partial charge in [0.15, 0.2) is 0 Å². The second-order valence-electron chi connectivity index (χ2n) is 7.29. The number of oxazole rings is 1. The summed E-state index contributed by atoms with van der Waals surface area (Å²) >= 11 is 0. The Balaban J connectivity index is 1.40. The standard InChI is InChI=1S/C23H18F3N3O5/c1-14(9-10-29-21(30)28-22(31)34-29)16-3-2-4-19(11-16)32-12-18-13-33-20(27-18)15-5-7-17(8-6-15)23(24,25)26/h2-9,11,13H,10,12H2,1H3,(H,28,30,31)/b14-9+. The number of aromatic amines is 1. The number of nitrogens with one attached hydrogen (secondary N) is 1. The topological polar surface area (TPSA) is 103 Å². The predicted octanol–water partition coefficient (Wildman–Crippen LogP) is 4.49. The van der Waals surface area contributed by atoms with E-state index in [0.29, 0.717) is 17.0 Å². The number of nitrogens with zero attached hydrogens (tertiary/aromatic N) is 2. The summed E-state index contributed by atoms with van der Waals surface area (Å²) in [4.78, 5) is 28.8. The smallest absolute Gasteiger partial charge is 0.440 e. The highest BCUT2D eigenvalue weighted by Crippen LogP contribution is 2.31. The molecule has 1 N–H and O–H groups in total. The van der Waals surface area contributed by atoms with Crippen LogP contribution < -0.4 is 16.2 Å². The zero-order chi connectivity index (χ0) is 24.3. The van der Waals surface area contributed by atoms with E-state index in [4.69, 9.17) is 13.7 Å². The molecule has 2 aromatic carbocycles. The summed E-state index contributed by atoms with van der Waals surface area (Å²) in [5.74, 6) is -0.0815. The molecule has 8 nitrogen and oxygen atoms in total. The maximum Gasteiger partial charge on any atom is 0.440 e. The monoisotopic (exact) mass is 473 g/mol. The van der Waals surface area contributed by atoms with Crippen LogP contribution in [0.1, 0.15) is 23.7 Å². The van der Waals surface area contributed by atoms with E-state index in [1.165, 1.54) is 18.4 Å². The average molecular weight is 473 g/mol. The van der Waals surface area contributed by atoms with Crippen molar-refractivity contribution < 1.29 is 26.8 Å². The molecule has 0 aliphatic heterocycles. The first-order chi connectivity index (χ1) is 16.2. The molecule has 0 saturated heterocycles. The van der Waals surface area contributed by atoms with Crippen LogP contribution in [0.5, 0.6) is 5.75 Å². The fourth-order valence-electron chi connectivity index (χ4n) is 3.07. The molecule has 0 aliphatic rings. The molecule has 2 heterocycles. The number of aromatic nitrogens is 3. The van der Waals surface area contributed by atoms with Crippen molar-refractivity contribution in [1.29, 1.82) is 0 Å². The van der Waals surface area contributed by atoms with Crippen molar-refractivity contribution in [3.05, 3.63) is 98.7 Å². The van der Waals surface area contributed by atoms with Crippen LogP contribution >= 0.6 is 0 Å². The van der Waals surface area contributed by atoms with Crippen molar-refractivity contribution in [3.8, 4) is 17.2 Å². The van der Waals surface area contributed by atoms with E-state index < -0.39 is 23.2 Å². The van der Waals surface area contributed by atoms with Gasteiger partial charge in [0, 0.05) is 5.56 Å². The largest absolute Gasteiger partial charge is 0.487 e. The maximum absolute atomic E-state index is 12.7. The summed E-state index contributed by atoms with van der Waals surface area (Å²) in [5, 5.41) is 0. The number of hydrogen-bond donors (Lipinski definition) is 1. The number of hydrogen-bond acceptors (Lipinski definition) is 6. The third kappa shape index (κ3) is 5.37. The summed E-state index contributed by atoms with van der Waals surface area (Å²) in [5.41, 5.74) is 1.16. The molecule has 0 spiro atoms. The molecule has 11 heteroatoms. The number of benzene rings is 2. The Morgan fingerprint density at radius 3 is 2.62 bits per heavy atom. The zero-order valence-electron chi connectivity index (χ0n) is 17.8. The van der Waals surface area contributed by atoms with Gasteiger partial charge in [-0.1, -0.05) is 18.2 Å². The van der Waals surface area contributed by atoms with Gasteiger partial charge in [-0.25, -0.2) is 19.6 Å². The van der Waals surface area contributed by atoms with Gasteiger partial charge in [0.1, 0.15) is 24.3 Å². The van der Waals surface area contributed by atoms with Crippen LogP contribution in [0.25, 0.3) is 17.0 Å². The fraction of sp³-hybridized carbons (Fsp3) is 0.174. The summed E-state index contributed by atoms with van der Waals surface area (Å²) < 4.78 is 54.9. The van der Waals surface area contributed by atoms with Crippen LogP contribution in [-0.2, 0) is 19.3 Å². The minimum atomic E-state index is -4.41. The zero-order valence-corrected chi connectivity index (χ0v) is 17.8. The van der Waals surface area contributed by atoms with E-state index in [9.17, 15) is 22.8 Å². The first kappa shape index (κ1) is 22.9. The third-order valence-electron chi connectivity index (χ3n) is 4.88. The Morgan fingerprint density at radius 1 is 1.18 bits per heavy atom. The van der Waals surface area contributed by atoms with E-state index in [0.717, 1.165) is 28.0 Å². The molecule has 34 heavy (non-hydrogen) atoms. The Kier molecular flexibility index (Phi) is 6.26. The minimum Gasteiger partial charge on any atom is -0.487 e. The highest BCUT2D eigenvalue weighted by Gasteiger charge is 2.30. The number of ether oxygens (including phenoxy) is 1. The molecule has 0 fully saturated rings. The lowest BCUT2D eigenvalue weighted by atomic mass is 10.1. The molecule has 0 aliphatic carbocycles. The molecule has 4 aromatic rings. The Bertz CT molecular complexity index is 1430. The van der Waals surface area contributed by atoms with Crippen LogP contribution in [-0.4, -0.2) is 14.7 Å². The van der Waals surface area contributed by atoms with Gasteiger partial charge in [-0.3, -0.25) is 0 Å². The van der Waals surface area contributed by atoms with Crippen LogP contribution in [0.4, 0.5) is 13.2 Å². The van der Waals surface area contributed by atoms with E-state index >= 15 is 0 Å². The summed E-state index contributed by atoms with van der Waals surface area (Å²) in [7, 11) is 0. The van der Waals surface area contributed by atoms with Gasteiger partial charge in [0.2, 0.25) is 5.89 Å². The third-order valence-corrected chi connectivity index (χ3v) is 4.88. The number of alkyl halides is 3. The molecule has 4 rings (SSSR count). The number of halogens is 3. The summed E-state index contributed by atoms with van der Waals surface area (Å²) in [6.45, 7) is 2.00. The molecule has 0 radical (unpaired) electrons. The summed E-state index contributed by atoms with van der Waals surface area (Å²) in [6, 6.07) is 11.7. The van der Waals surface area contributed by atoms with Gasteiger partial charge in [0.25, 0.3) is 0 Å². The minimum absolute atomic E-state index is 0.0835. The Hall–Kier alpha value is -4.28. The predicted molar refractivity (Wildman–Crippen MR) is 115 cm³/mol.